The van der Waals surface area contributed by atoms with Crippen LogP contribution in [0.4, 0.5) is 5.69 Å². The molecule has 0 aromatic heterocycles. The summed E-state index contributed by atoms with van der Waals surface area (Å²) in [5.41, 5.74) is 0.828. The van der Waals surface area contributed by atoms with Crippen LogP contribution in [0.3, 0.4) is 0 Å². The predicted octanol–water partition coefficient (Wildman–Crippen LogP) is 1.26. The molecule has 6 heteroatoms. The summed E-state index contributed by atoms with van der Waals surface area (Å²) in [6.07, 6.45) is 0. The van der Waals surface area contributed by atoms with E-state index in [0.717, 1.165) is 12.1 Å². The maximum Gasteiger partial charge on any atom is 0.311 e. The Kier molecular flexibility index (Phi) is 3.55. The van der Waals surface area contributed by atoms with Gasteiger partial charge in [-0.3, -0.25) is 10.1 Å². The lowest BCUT2D eigenvalue weighted by Crippen LogP contribution is -2.34. The van der Waals surface area contributed by atoms with Gasteiger partial charge >= 0.3 is 5.69 Å². The molecule has 1 aliphatic rings. The molecule has 1 atom stereocenters. The van der Waals surface area contributed by atoms with Crippen LogP contribution in [0.25, 0.3) is 0 Å². The quantitative estimate of drug-likeness (QED) is 0.634. The van der Waals surface area contributed by atoms with Gasteiger partial charge in [0.2, 0.25) is 0 Å². The molecular weight excluding hydrogens is 224 g/mol. The first kappa shape index (κ1) is 11.8. The monoisotopic (exact) mass is 238 g/mol. The second-order valence-corrected chi connectivity index (χ2v) is 3.77. The van der Waals surface area contributed by atoms with Crippen molar-refractivity contribution in [2.24, 2.45) is 0 Å². The van der Waals surface area contributed by atoms with Crippen molar-refractivity contribution in [3.05, 3.63) is 33.9 Å². The Morgan fingerprint density at radius 3 is 3.00 bits per heavy atom. The van der Waals surface area contributed by atoms with Crippen LogP contribution in [0.5, 0.6) is 5.75 Å². The zero-order valence-electron chi connectivity index (χ0n) is 9.51. The number of nitrogens with zero attached hydrogens (tertiary/aromatic N) is 1. The smallest absolute Gasteiger partial charge is 0.311 e. The van der Waals surface area contributed by atoms with Gasteiger partial charge in [-0.05, 0) is 11.6 Å². The summed E-state index contributed by atoms with van der Waals surface area (Å²) in [5, 5.41) is 14.1. The van der Waals surface area contributed by atoms with E-state index in [2.05, 4.69) is 5.32 Å². The van der Waals surface area contributed by atoms with Crippen molar-refractivity contribution in [2.75, 3.05) is 26.9 Å². The van der Waals surface area contributed by atoms with Crippen molar-refractivity contribution < 1.29 is 14.4 Å². The summed E-state index contributed by atoms with van der Waals surface area (Å²) < 4.78 is 10.3. The summed E-state index contributed by atoms with van der Waals surface area (Å²) >= 11 is 0. The van der Waals surface area contributed by atoms with Crippen molar-refractivity contribution in [3.8, 4) is 5.75 Å². The second kappa shape index (κ2) is 5.11. The average molecular weight is 238 g/mol. The third-order valence-corrected chi connectivity index (χ3v) is 2.72. The largest absolute Gasteiger partial charge is 0.490 e. The van der Waals surface area contributed by atoms with E-state index < -0.39 is 4.92 Å². The zero-order chi connectivity index (χ0) is 12.3. The van der Waals surface area contributed by atoms with Crippen LogP contribution < -0.4 is 10.1 Å². The molecule has 1 aromatic rings. The molecule has 6 nitrogen and oxygen atoms in total. The third kappa shape index (κ3) is 2.54. The molecular formula is C11H14N2O4. The van der Waals surface area contributed by atoms with Gasteiger partial charge in [0.25, 0.3) is 0 Å². The van der Waals surface area contributed by atoms with E-state index in [1.54, 1.807) is 6.07 Å². The van der Waals surface area contributed by atoms with Crippen LogP contribution in [-0.4, -0.2) is 31.8 Å². The van der Waals surface area contributed by atoms with Gasteiger partial charge in [-0.1, -0.05) is 6.07 Å². The Morgan fingerprint density at radius 2 is 2.41 bits per heavy atom. The number of benzene rings is 1. The van der Waals surface area contributed by atoms with Gasteiger partial charge in [0.15, 0.2) is 5.75 Å². The number of methoxy groups -OCH3 is 1. The Hall–Kier alpha value is -1.66. The van der Waals surface area contributed by atoms with Crippen LogP contribution in [0.1, 0.15) is 11.6 Å². The highest BCUT2D eigenvalue weighted by molar-refractivity contribution is 5.49. The highest BCUT2D eigenvalue weighted by atomic mass is 16.6. The fourth-order valence-electron chi connectivity index (χ4n) is 1.85. The van der Waals surface area contributed by atoms with Gasteiger partial charge in [0, 0.05) is 12.6 Å². The van der Waals surface area contributed by atoms with Gasteiger partial charge in [-0.2, -0.15) is 0 Å². The molecule has 1 unspecified atom stereocenters. The Balaban J connectivity index is 2.29. The predicted molar refractivity (Wildman–Crippen MR) is 61.2 cm³/mol. The summed E-state index contributed by atoms with van der Waals surface area (Å²) in [6.45, 7) is 1.96. The van der Waals surface area contributed by atoms with Gasteiger partial charge < -0.3 is 14.8 Å². The number of hydrogen-bond donors (Lipinski definition) is 1. The van der Waals surface area contributed by atoms with E-state index in [0.29, 0.717) is 13.2 Å². The SMILES string of the molecule is COc1ccc(C2COCCN2)cc1[N+](=O)[O-]. The summed E-state index contributed by atoms with van der Waals surface area (Å²) in [7, 11) is 1.42. The molecule has 0 spiro atoms. The molecule has 0 aliphatic carbocycles. The molecule has 0 bridgehead atoms. The second-order valence-electron chi connectivity index (χ2n) is 3.77. The third-order valence-electron chi connectivity index (χ3n) is 2.72. The first-order valence-corrected chi connectivity index (χ1v) is 5.36. The number of nitrogens with one attached hydrogen (secondary N) is 1. The molecule has 1 aromatic carbocycles. The molecule has 1 fully saturated rings. The van der Waals surface area contributed by atoms with Gasteiger partial charge in [0.05, 0.1) is 31.3 Å². The number of nitro benzene ring substituents is 1. The summed E-state index contributed by atoms with van der Waals surface area (Å²) in [5.74, 6) is 0.274. The van der Waals surface area contributed by atoms with Crippen molar-refractivity contribution in [1.82, 2.24) is 5.32 Å². The van der Waals surface area contributed by atoms with Crippen LogP contribution in [0.2, 0.25) is 0 Å². The maximum atomic E-state index is 10.9. The van der Waals surface area contributed by atoms with Gasteiger partial charge in [0.1, 0.15) is 0 Å². The molecule has 1 N–H and O–H groups in total. The molecule has 2 rings (SSSR count). The van der Waals surface area contributed by atoms with Crippen molar-refractivity contribution >= 4 is 5.69 Å². The number of ether oxygens (including phenoxy) is 2. The topological polar surface area (TPSA) is 73.6 Å². The zero-order valence-corrected chi connectivity index (χ0v) is 9.51. The lowest BCUT2D eigenvalue weighted by Gasteiger charge is -2.24. The fourth-order valence-corrected chi connectivity index (χ4v) is 1.85. The van der Waals surface area contributed by atoms with E-state index in [9.17, 15) is 10.1 Å². The standard InChI is InChI=1S/C11H14N2O4/c1-16-11-3-2-8(6-10(11)13(14)15)9-7-17-5-4-12-9/h2-3,6,9,12H,4-5,7H2,1H3. The highest BCUT2D eigenvalue weighted by Crippen LogP contribution is 2.30. The minimum atomic E-state index is -0.438. The molecule has 0 saturated carbocycles. The molecule has 17 heavy (non-hydrogen) atoms. The van der Waals surface area contributed by atoms with Crippen molar-refractivity contribution in [1.29, 1.82) is 0 Å². The Bertz CT molecular complexity index is 416. The van der Waals surface area contributed by atoms with Gasteiger partial charge in [-0.15, -0.1) is 0 Å². The molecule has 1 heterocycles. The van der Waals surface area contributed by atoms with E-state index >= 15 is 0 Å². The maximum absolute atomic E-state index is 10.9. The van der Waals surface area contributed by atoms with Crippen molar-refractivity contribution in [2.45, 2.75) is 6.04 Å². The number of rotatable bonds is 3. The first-order chi connectivity index (χ1) is 8.22. The molecule has 1 aliphatic heterocycles. The van der Waals surface area contributed by atoms with E-state index in [1.165, 1.54) is 13.2 Å². The molecule has 0 amide bonds. The molecule has 1 saturated heterocycles. The summed E-state index contributed by atoms with van der Waals surface area (Å²) in [4.78, 5) is 10.5. The highest BCUT2D eigenvalue weighted by Gasteiger charge is 2.21. The summed E-state index contributed by atoms with van der Waals surface area (Å²) in [6, 6.07) is 4.97. The molecule has 92 valence electrons. The Morgan fingerprint density at radius 1 is 1.59 bits per heavy atom. The van der Waals surface area contributed by atoms with E-state index in [1.807, 2.05) is 6.07 Å². The lowest BCUT2D eigenvalue weighted by atomic mass is 10.1. The van der Waals surface area contributed by atoms with Crippen LogP contribution in [0.15, 0.2) is 18.2 Å². The minimum Gasteiger partial charge on any atom is -0.490 e. The first-order valence-electron chi connectivity index (χ1n) is 5.36. The van der Waals surface area contributed by atoms with Crippen LogP contribution in [0, 0.1) is 10.1 Å². The van der Waals surface area contributed by atoms with Crippen LogP contribution in [-0.2, 0) is 4.74 Å². The van der Waals surface area contributed by atoms with Crippen molar-refractivity contribution in [3.63, 3.8) is 0 Å². The fraction of sp³-hybridized carbons (Fsp3) is 0.455. The van der Waals surface area contributed by atoms with Gasteiger partial charge in [-0.25, -0.2) is 0 Å². The van der Waals surface area contributed by atoms with Crippen LogP contribution >= 0.6 is 0 Å². The van der Waals surface area contributed by atoms with E-state index in [4.69, 9.17) is 9.47 Å². The number of morpholine rings is 1. The molecule has 0 radical (unpaired) electrons. The lowest BCUT2D eigenvalue weighted by molar-refractivity contribution is -0.385. The Labute approximate surface area is 98.7 Å². The van der Waals surface area contributed by atoms with E-state index in [-0.39, 0.29) is 17.5 Å². The average Bonchev–Trinajstić information content (AvgIpc) is 2.39. The normalized spacial score (nSPS) is 19.9. The minimum absolute atomic E-state index is 0.00774. The number of hydrogen-bond acceptors (Lipinski definition) is 5. The number of nitro groups is 1.